The van der Waals surface area contributed by atoms with Crippen molar-refractivity contribution in [3.05, 3.63) is 27.2 Å². The summed E-state index contributed by atoms with van der Waals surface area (Å²) >= 11 is 8.86. The Bertz CT molecular complexity index is 351. The van der Waals surface area contributed by atoms with E-state index in [9.17, 15) is 4.79 Å². The maximum Gasteiger partial charge on any atom is 0.338 e. The Balaban J connectivity index is 3.38. The van der Waals surface area contributed by atoms with E-state index in [1.165, 1.54) is 7.11 Å². The minimum absolute atomic E-state index is 0.0148. The van der Waals surface area contributed by atoms with Crippen LogP contribution >= 0.6 is 27.5 Å². The van der Waals surface area contributed by atoms with E-state index in [1.54, 1.807) is 12.1 Å². The van der Waals surface area contributed by atoms with Gasteiger partial charge >= 0.3 is 5.97 Å². The third-order valence-electron chi connectivity index (χ3n) is 1.49. The van der Waals surface area contributed by atoms with Crippen LogP contribution in [0.2, 0.25) is 5.02 Å². The van der Waals surface area contributed by atoms with Gasteiger partial charge in [0.2, 0.25) is 0 Å². The van der Waals surface area contributed by atoms with E-state index >= 15 is 0 Å². The molecule has 0 bridgehead atoms. The van der Waals surface area contributed by atoms with Gasteiger partial charge in [0.25, 0.3) is 0 Å². The molecule has 0 aliphatic carbocycles. The van der Waals surface area contributed by atoms with E-state index in [4.69, 9.17) is 21.4 Å². The van der Waals surface area contributed by atoms with E-state index < -0.39 is 5.97 Å². The van der Waals surface area contributed by atoms with Crippen LogP contribution in [0, 0.1) is 0 Å². The molecule has 0 fully saturated rings. The highest BCUT2D eigenvalue weighted by atomic mass is 79.9. The first-order valence-electron chi connectivity index (χ1n) is 3.33. The predicted molar refractivity (Wildman–Crippen MR) is 52.7 cm³/mol. The Kier molecular flexibility index (Phi) is 3.17. The molecule has 0 radical (unpaired) electrons. The van der Waals surface area contributed by atoms with Gasteiger partial charge < -0.3 is 9.84 Å². The topological polar surface area (TPSA) is 46.5 Å². The molecule has 0 saturated carbocycles. The lowest BCUT2D eigenvalue weighted by atomic mass is 10.2. The van der Waals surface area contributed by atoms with Gasteiger partial charge in [-0.1, -0.05) is 11.6 Å². The summed E-state index contributed by atoms with van der Waals surface area (Å²) < 4.78 is 5.31. The minimum Gasteiger partial charge on any atom is -0.495 e. The Morgan fingerprint density at radius 3 is 2.69 bits per heavy atom. The first-order chi connectivity index (χ1) is 6.07. The Morgan fingerprint density at radius 1 is 1.62 bits per heavy atom. The van der Waals surface area contributed by atoms with Crippen molar-refractivity contribution in [2.75, 3.05) is 7.11 Å². The van der Waals surface area contributed by atoms with Gasteiger partial charge in [-0.25, -0.2) is 4.79 Å². The van der Waals surface area contributed by atoms with Crippen molar-refractivity contribution in [3.8, 4) is 5.75 Å². The molecule has 0 aromatic heterocycles. The summed E-state index contributed by atoms with van der Waals surface area (Å²) in [7, 11) is 1.43. The number of rotatable bonds is 2. The molecule has 1 rings (SSSR count). The lowest BCUT2D eigenvalue weighted by molar-refractivity contribution is 0.0695. The number of halogens is 2. The van der Waals surface area contributed by atoms with Gasteiger partial charge in [0.05, 0.1) is 17.7 Å². The number of hydrogen-bond acceptors (Lipinski definition) is 2. The molecule has 1 aromatic carbocycles. The van der Waals surface area contributed by atoms with Gasteiger partial charge in [0.1, 0.15) is 5.75 Å². The second-order valence-electron chi connectivity index (χ2n) is 2.24. The maximum absolute atomic E-state index is 10.7. The van der Waals surface area contributed by atoms with Crippen molar-refractivity contribution >= 4 is 33.5 Å². The van der Waals surface area contributed by atoms with Crippen LogP contribution in [-0.2, 0) is 0 Å². The first-order valence-corrected chi connectivity index (χ1v) is 4.50. The van der Waals surface area contributed by atoms with Gasteiger partial charge in [-0.15, -0.1) is 0 Å². The molecule has 0 spiro atoms. The van der Waals surface area contributed by atoms with E-state index in [0.717, 1.165) is 0 Å². The van der Waals surface area contributed by atoms with Gasteiger partial charge in [-0.3, -0.25) is 0 Å². The van der Waals surface area contributed by atoms with Crippen molar-refractivity contribution in [1.82, 2.24) is 0 Å². The fourth-order valence-electron chi connectivity index (χ4n) is 0.887. The molecule has 13 heavy (non-hydrogen) atoms. The second kappa shape index (κ2) is 3.98. The highest BCUT2D eigenvalue weighted by Crippen LogP contribution is 2.33. The summed E-state index contributed by atoms with van der Waals surface area (Å²) in [6.45, 7) is 0. The molecule has 0 saturated heterocycles. The molecular weight excluding hydrogens is 259 g/mol. The number of carboxylic acids is 1. The lowest BCUT2D eigenvalue weighted by Gasteiger charge is -2.06. The molecule has 0 unspecified atom stereocenters. The summed E-state index contributed by atoms with van der Waals surface area (Å²) in [6.07, 6.45) is 0. The van der Waals surface area contributed by atoms with Crippen LogP contribution in [0.25, 0.3) is 0 Å². The van der Waals surface area contributed by atoms with Crippen molar-refractivity contribution in [1.29, 1.82) is 0 Å². The number of ether oxygens (including phenoxy) is 1. The SMILES string of the molecule is COc1ccc(Br)c(C(=O)O)c1Cl. The normalized spacial score (nSPS) is 9.77. The van der Waals surface area contributed by atoms with Gasteiger partial charge in [0.15, 0.2) is 0 Å². The van der Waals surface area contributed by atoms with E-state index in [1.807, 2.05) is 0 Å². The molecule has 5 heteroatoms. The van der Waals surface area contributed by atoms with Crippen LogP contribution in [0.3, 0.4) is 0 Å². The average Bonchev–Trinajstić information content (AvgIpc) is 2.04. The van der Waals surface area contributed by atoms with Crippen molar-refractivity contribution < 1.29 is 14.6 Å². The predicted octanol–water partition coefficient (Wildman–Crippen LogP) is 2.81. The summed E-state index contributed by atoms with van der Waals surface area (Å²) in [5.41, 5.74) is 0.0148. The van der Waals surface area contributed by atoms with Crippen LogP contribution in [0.5, 0.6) is 5.75 Å². The first kappa shape index (κ1) is 10.3. The molecule has 1 aromatic rings. The van der Waals surface area contributed by atoms with Crippen LogP contribution in [0.4, 0.5) is 0 Å². The van der Waals surface area contributed by atoms with Crippen LogP contribution in [-0.4, -0.2) is 18.2 Å². The van der Waals surface area contributed by atoms with Crippen molar-refractivity contribution in [2.24, 2.45) is 0 Å². The molecular formula is C8H6BrClO3. The van der Waals surface area contributed by atoms with Crippen molar-refractivity contribution in [2.45, 2.75) is 0 Å². The third kappa shape index (κ3) is 1.95. The average molecular weight is 265 g/mol. The van der Waals surface area contributed by atoms with Crippen LogP contribution < -0.4 is 4.74 Å². The molecule has 0 heterocycles. The minimum atomic E-state index is -1.09. The Hall–Kier alpha value is -0.740. The number of aromatic carboxylic acids is 1. The Morgan fingerprint density at radius 2 is 2.23 bits per heavy atom. The summed E-state index contributed by atoms with van der Waals surface area (Å²) in [5, 5.41) is 8.90. The number of hydrogen-bond donors (Lipinski definition) is 1. The molecule has 1 N–H and O–H groups in total. The zero-order chi connectivity index (χ0) is 10.0. The van der Waals surface area contributed by atoms with E-state index in [-0.39, 0.29) is 10.6 Å². The van der Waals surface area contributed by atoms with E-state index in [2.05, 4.69) is 15.9 Å². The highest BCUT2D eigenvalue weighted by Gasteiger charge is 2.16. The molecule has 3 nitrogen and oxygen atoms in total. The number of carboxylic acid groups (broad SMARTS) is 1. The smallest absolute Gasteiger partial charge is 0.338 e. The van der Waals surface area contributed by atoms with Gasteiger partial charge in [-0.05, 0) is 28.1 Å². The fraction of sp³-hybridized carbons (Fsp3) is 0.125. The number of benzene rings is 1. The van der Waals surface area contributed by atoms with Gasteiger partial charge in [-0.2, -0.15) is 0 Å². The van der Waals surface area contributed by atoms with Crippen molar-refractivity contribution in [3.63, 3.8) is 0 Å². The third-order valence-corrected chi connectivity index (χ3v) is 2.53. The molecule has 70 valence electrons. The van der Waals surface area contributed by atoms with Gasteiger partial charge in [0, 0.05) is 4.47 Å². The maximum atomic E-state index is 10.7. The summed E-state index contributed by atoms with van der Waals surface area (Å²) in [6, 6.07) is 3.17. The zero-order valence-corrected chi connectivity index (χ0v) is 9.02. The fourth-order valence-corrected chi connectivity index (χ4v) is 1.82. The molecule has 0 amide bonds. The molecule has 0 atom stereocenters. The zero-order valence-electron chi connectivity index (χ0n) is 6.67. The Labute approximate surface area is 88.4 Å². The second-order valence-corrected chi connectivity index (χ2v) is 3.48. The largest absolute Gasteiger partial charge is 0.495 e. The quantitative estimate of drug-likeness (QED) is 0.894. The highest BCUT2D eigenvalue weighted by molar-refractivity contribution is 9.10. The number of methoxy groups -OCH3 is 1. The standard InChI is InChI=1S/C8H6BrClO3/c1-13-5-3-2-4(9)6(7(5)10)8(11)12/h2-3H,1H3,(H,11,12). The summed E-state index contributed by atoms with van der Waals surface area (Å²) in [5.74, 6) is -0.738. The molecule has 0 aliphatic rings. The lowest BCUT2D eigenvalue weighted by Crippen LogP contribution is -2.00. The van der Waals surface area contributed by atoms with Crippen LogP contribution in [0.15, 0.2) is 16.6 Å². The summed E-state index contributed by atoms with van der Waals surface area (Å²) in [4.78, 5) is 10.7. The monoisotopic (exact) mass is 264 g/mol. The van der Waals surface area contributed by atoms with E-state index in [0.29, 0.717) is 10.2 Å². The number of carbonyl (C=O) groups is 1. The van der Waals surface area contributed by atoms with Crippen LogP contribution in [0.1, 0.15) is 10.4 Å². The molecule has 0 aliphatic heterocycles.